The molecule has 2 N–H and O–H groups in total. The number of hydrogen-bond donors (Lipinski definition) is 2. The lowest BCUT2D eigenvalue weighted by Crippen LogP contribution is -2.28. The topological polar surface area (TPSA) is 66.4 Å². The van der Waals surface area contributed by atoms with Crippen molar-refractivity contribution >= 4 is 23.5 Å². The lowest BCUT2D eigenvalue weighted by atomic mass is 10.2. The number of hydrogen-bond acceptors (Lipinski definition) is 2. The van der Waals surface area contributed by atoms with Crippen LogP contribution in [0.5, 0.6) is 0 Å². The van der Waals surface area contributed by atoms with E-state index in [0.29, 0.717) is 6.42 Å². The highest BCUT2D eigenvalue weighted by Gasteiger charge is 2.44. The standard InChI is InChI=1S/C11H9ClFNO3/c12-5-1-2-8(13)6(3-5)10(15)14-9-4-7(9)11(16)17/h1-3,7,9H,4H2,(H,14,15)(H,16,17). The molecule has 0 heterocycles. The molecule has 0 saturated heterocycles. The van der Waals surface area contributed by atoms with Crippen molar-refractivity contribution in [3.63, 3.8) is 0 Å². The number of benzene rings is 1. The maximum atomic E-state index is 13.3. The first-order chi connectivity index (χ1) is 7.99. The van der Waals surface area contributed by atoms with Gasteiger partial charge in [0.2, 0.25) is 0 Å². The van der Waals surface area contributed by atoms with E-state index in [0.717, 1.165) is 6.07 Å². The fourth-order valence-corrected chi connectivity index (χ4v) is 1.72. The van der Waals surface area contributed by atoms with Crippen LogP contribution in [0.4, 0.5) is 4.39 Å². The molecule has 0 aromatic heterocycles. The van der Waals surface area contributed by atoms with Crippen LogP contribution in [0.2, 0.25) is 5.02 Å². The summed E-state index contributed by atoms with van der Waals surface area (Å²) in [7, 11) is 0. The summed E-state index contributed by atoms with van der Waals surface area (Å²) in [6, 6.07) is 3.23. The van der Waals surface area contributed by atoms with Crippen LogP contribution in [0.15, 0.2) is 18.2 Å². The zero-order valence-corrected chi connectivity index (χ0v) is 9.37. The summed E-state index contributed by atoms with van der Waals surface area (Å²) in [5, 5.41) is 11.4. The molecule has 0 aliphatic heterocycles. The number of aliphatic carboxylic acids is 1. The van der Waals surface area contributed by atoms with E-state index < -0.39 is 29.7 Å². The van der Waals surface area contributed by atoms with Gasteiger partial charge < -0.3 is 10.4 Å². The molecule has 0 bridgehead atoms. The summed E-state index contributed by atoms with van der Waals surface area (Å²) in [6.45, 7) is 0. The largest absolute Gasteiger partial charge is 0.481 e. The van der Waals surface area contributed by atoms with Crippen molar-refractivity contribution < 1.29 is 19.1 Å². The fraction of sp³-hybridized carbons (Fsp3) is 0.273. The monoisotopic (exact) mass is 257 g/mol. The average Bonchev–Trinajstić information content (AvgIpc) is 3.01. The first-order valence-electron chi connectivity index (χ1n) is 4.98. The minimum Gasteiger partial charge on any atom is -0.481 e. The van der Waals surface area contributed by atoms with Gasteiger partial charge in [-0.3, -0.25) is 9.59 Å². The van der Waals surface area contributed by atoms with Crippen LogP contribution in [-0.2, 0) is 4.79 Å². The zero-order chi connectivity index (χ0) is 12.6. The summed E-state index contributed by atoms with van der Waals surface area (Å²) < 4.78 is 13.3. The van der Waals surface area contributed by atoms with Gasteiger partial charge in [-0.2, -0.15) is 0 Å². The average molecular weight is 258 g/mol. The zero-order valence-electron chi connectivity index (χ0n) is 8.61. The summed E-state index contributed by atoms with van der Waals surface area (Å²) in [5.74, 6) is -2.85. The summed E-state index contributed by atoms with van der Waals surface area (Å²) >= 11 is 5.65. The first kappa shape index (κ1) is 11.9. The molecule has 2 unspecified atom stereocenters. The molecule has 4 nitrogen and oxygen atoms in total. The molecular formula is C11H9ClFNO3. The molecule has 0 spiro atoms. The number of halogens is 2. The van der Waals surface area contributed by atoms with Gasteiger partial charge in [0.1, 0.15) is 5.82 Å². The predicted octanol–water partition coefficient (Wildman–Crippen LogP) is 1.68. The Balaban J connectivity index is 2.06. The molecule has 1 fully saturated rings. The second-order valence-corrected chi connectivity index (χ2v) is 4.32. The van der Waals surface area contributed by atoms with Crippen LogP contribution in [0.3, 0.4) is 0 Å². The molecule has 0 radical (unpaired) electrons. The Morgan fingerprint density at radius 1 is 1.47 bits per heavy atom. The summed E-state index contributed by atoms with van der Waals surface area (Å²) in [6.07, 6.45) is 0.378. The van der Waals surface area contributed by atoms with E-state index in [9.17, 15) is 14.0 Å². The Labute approximate surface area is 101 Å². The highest BCUT2D eigenvalue weighted by Crippen LogP contribution is 2.30. The maximum Gasteiger partial charge on any atom is 0.308 e. The van der Waals surface area contributed by atoms with Crippen LogP contribution in [0.25, 0.3) is 0 Å². The lowest BCUT2D eigenvalue weighted by molar-refractivity contribution is -0.138. The van der Waals surface area contributed by atoms with Crippen LogP contribution >= 0.6 is 11.6 Å². The van der Waals surface area contributed by atoms with Crippen molar-refractivity contribution in [2.45, 2.75) is 12.5 Å². The van der Waals surface area contributed by atoms with Gasteiger partial charge in [0.25, 0.3) is 5.91 Å². The normalized spacial score (nSPS) is 22.0. The molecule has 90 valence electrons. The Bertz CT molecular complexity index is 492. The van der Waals surface area contributed by atoms with E-state index in [1.54, 1.807) is 0 Å². The molecule has 1 saturated carbocycles. The van der Waals surface area contributed by atoms with Crippen LogP contribution in [-0.4, -0.2) is 23.0 Å². The van der Waals surface area contributed by atoms with Crippen molar-refractivity contribution in [3.8, 4) is 0 Å². The van der Waals surface area contributed by atoms with Gasteiger partial charge in [-0.15, -0.1) is 0 Å². The SMILES string of the molecule is O=C(NC1CC1C(=O)O)c1cc(Cl)ccc1F. The Kier molecular flexibility index (Phi) is 3.02. The molecule has 2 rings (SSSR count). The van der Waals surface area contributed by atoms with Gasteiger partial charge in [0, 0.05) is 11.1 Å². The highest BCUT2D eigenvalue weighted by molar-refractivity contribution is 6.31. The number of carboxylic acids is 1. The van der Waals surface area contributed by atoms with Crippen LogP contribution in [0, 0.1) is 11.7 Å². The smallest absolute Gasteiger partial charge is 0.308 e. The van der Waals surface area contributed by atoms with Crippen molar-refractivity contribution in [1.29, 1.82) is 0 Å². The Hall–Kier alpha value is -1.62. The van der Waals surface area contributed by atoms with Gasteiger partial charge in [0.05, 0.1) is 11.5 Å². The predicted molar refractivity (Wildman–Crippen MR) is 58.4 cm³/mol. The van der Waals surface area contributed by atoms with Gasteiger partial charge in [0.15, 0.2) is 0 Å². The second kappa shape index (κ2) is 4.33. The minimum absolute atomic E-state index is 0.173. The van der Waals surface area contributed by atoms with E-state index in [2.05, 4.69) is 5.32 Å². The van der Waals surface area contributed by atoms with Gasteiger partial charge in [-0.1, -0.05) is 11.6 Å². The third-order valence-corrected chi connectivity index (χ3v) is 2.83. The van der Waals surface area contributed by atoms with Gasteiger partial charge >= 0.3 is 5.97 Å². The van der Waals surface area contributed by atoms with Gasteiger partial charge in [-0.05, 0) is 24.6 Å². The number of rotatable bonds is 3. The molecule has 17 heavy (non-hydrogen) atoms. The fourth-order valence-electron chi connectivity index (χ4n) is 1.55. The van der Waals surface area contributed by atoms with E-state index in [1.165, 1.54) is 12.1 Å². The highest BCUT2D eigenvalue weighted by atomic mass is 35.5. The minimum atomic E-state index is -0.957. The van der Waals surface area contributed by atoms with Crippen molar-refractivity contribution in [1.82, 2.24) is 5.32 Å². The van der Waals surface area contributed by atoms with Gasteiger partial charge in [-0.25, -0.2) is 4.39 Å². The van der Waals surface area contributed by atoms with E-state index in [-0.39, 0.29) is 10.6 Å². The maximum absolute atomic E-state index is 13.3. The Morgan fingerprint density at radius 3 is 2.76 bits per heavy atom. The molecule has 1 aliphatic carbocycles. The number of carbonyl (C=O) groups excluding carboxylic acids is 1. The Morgan fingerprint density at radius 2 is 2.18 bits per heavy atom. The summed E-state index contributed by atoms with van der Waals surface area (Å²) in [5.41, 5.74) is -0.173. The number of carboxylic acid groups (broad SMARTS) is 1. The quantitative estimate of drug-likeness (QED) is 0.866. The van der Waals surface area contributed by atoms with Crippen molar-refractivity contribution in [2.75, 3.05) is 0 Å². The number of carbonyl (C=O) groups is 2. The van der Waals surface area contributed by atoms with Crippen molar-refractivity contribution in [2.24, 2.45) is 5.92 Å². The van der Waals surface area contributed by atoms with Crippen LogP contribution in [0.1, 0.15) is 16.8 Å². The lowest BCUT2D eigenvalue weighted by Gasteiger charge is -2.05. The third kappa shape index (κ3) is 2.55. The second-order valence-electron chi connectivity index (χ2n) is 3.88. The molecule has 2 atom stereocenters. The molecular weight excluding hydrogens is 249 g/mol. The number of nitrogens with one attached hydrogen (secondary N) is 1. The van der Waals surface area contributed by atoms with E-state index in [4.69, 9.17) is 16.7 Å². The first-order valence-corrected chi connectivity index (χ1v) is 5.35. The van der Waals surface area contributed by atoms with Crippen LogP contribution < -0.4 is 5.32 Å². The third-order valence-electron chi connectivity index (χ3n) is 2.60. The molecule has 1 aromatic rings. The summed E-state index contributed by atoms with van der Waals surface area (Å²) in [4.78, 5) is 22.2. The number of amides is 1. The molecule has 1 aromatic carbocycles. The van der Waals surface area contributed by atoms with Crippen molar-refractivity contribution in [3.05, 3.63) is 34.6 Å². The van der Waals surface area contributed by atoms with E-state index >= 15 is 0 Å². The van der Waals surface area contributed by atoms with E-state index in [1.807, 2.05) is 0 Å². The molecule has 6 heteroatoms. The molecule has 1 aliphatic rings. The molecule has 1 amide bonds.